The molecular weight excluding hydrogens is 486 g/mol. The quantitative estimate of drug-likeness (QED) is 0.385. The summed E-state index contributed by atoms with van der Waals surface area (Å²) in [6.07, 6.45) is 2.50. The predicted octanol–water partition coefficient (Wildman–Crippen LogP) is 5.04. The summed E-state index contributed by atoms with van der Waals surface area (Å²) in [5, 5.41) is 0. The second-order valence-corrected chi connectivity index (χ2v) is 9.16. The second kappa shape index (κ2) is 10.7. The maximum atomic E-state index is 13.5. The van der Waals surface area contributed by atoms with Crippen LogP contribution in [0, 0.1) is 6.92 Å². The first-order chi connectivity index (χ1) is 18.5. The third kappa shape index (κ3) is 4.63. The van der Waals surface area contributed by atoms with Gasteiger partial charge < -0.3 is 28.4 Å². The van der Waals surface area contributed by atoms with Crippen molar-refractivity contribution < 1.29 is 33.2 Å². The smallest absolute Gasteiger partial charge is 0.232 e. The largest absolute Gasteiger partial charge is 0.496 e. The Bertz CT molecular complexity index is 1390. The van der Waals surface area contributed by atoms with Gasteiger partial charge in [0.15, 0.2) is 17.3 Å². The Hall–Kier alpha value is -4.17. The molecule has 38 heavy (non-hydrogen) atoms. The van der Waals surface area contributed by atoms with E-state index < -0.39 is 0 Å². The monoisotopic (exact) mass is 517 g/mol. The first-order valence-electron chi connectivity index (χ1n) is 12.3. The van der Waals surface area contributed by atoms with Crippen LogP contribution in [0.3, 0.4) is 0 Å². The molecule has 2 heterocycles. The van der Waals surface area contributed by atoms with Crippen LogP contribution in [0.25, 0.3) is 6.08 Å². The molecular formula is C30H31NO7. The summed E-state index contributed by atoms with van der Waals surface area (Å²) in [5.74, 6) is 3.72. The highest BCUT2D eigenvalue weighted by atomic mass is 16.5. The van der Waals surface area contributed by atoms with Gasteiger partial charge in [0, 0.05) is 13.1 Å². The fourth-order valence-corrected chi connectivity index (χ4v) is 4.94. The van der Waals surface area contributed by atoms with E-state index in [4.69, 9.17) is 28.4 Å². The number of Topliss-reactive ketones (excluding diaryl/α,β-unsaturated/α-hetero) is 1. The van der Waals surface area contributed by atoms with Crippen LogP contribution in [-0.2, 0) is 13.0 Å². The number of ketones is 1. The van der Waals surface area contributed by atoms with Crippen LogP contribution < -0.4 is 28.4 Å². The fourth-order valence-electron chi connectivity index (χ4n) is 4.94. The number of nitrogens with zero attached hydrogens (tertiary/aromatic N) is 1. The first-order valence-corrected chi connectivity index (χ1v) is 12.3. The Morgan fingerprint density at radius 2 is 1.66 bits per heavy atom. The maximum Gasteiger partial charge on any atom is 0.232 e. The molecule has 0 amide bonds. The standard InChI is InChI=1S/C30H31NO7/c1-18-12-23-21(16-31(17-37-23)11-10-20-8-6-7-9-22(20)33-2)29-27(18)28(32)24(38-29)13-19-14-25(34-3)30(36-5)26(15-19)35-4/h6-9,12-15H,10-11,16-17H2,1-5H3/b24-13-. The molecule has 0 aromatic heterocycles. The second-order valence-electron chi connectivity index (χ2n) is 9.16. The minimum atomic E-state index is -0.166. The van der Waals surface area contributed by atoms with Crippen LogP contribution in [0.15, 0.2) is 48.2 Å². The van der Waals surface area contributed by atoms with Crippen molar-refractivity contribution in [2.24, 2.45) is 0 Å². The topological polar surface area (TPSA) is 75.7 Å². The summed E-state index contributed by atoms with van der Waals surface area (Å²) in [7, 11) is 6.34. The molecule has 0 saturated carbocycles. The molecule has 8 nitrogen and oxygen atoms in total. The van der Waals surface area contributed by atoms with Gasteiger partial charge in [-0.3, -0.25) is 9.69 Å². The van der Waals surface area contributed by atoms with Crippen LogP contribution in [0.1, 0.15) is 32.6 Å². The predicted molar refractivity (Wildman–Crippen MR) is 143 cm³/mol. The molecule has 198 valence electrons. The lowest BCUT2D eigenvalue weighted by molar-refractivity contribution is 0.0947. The van der Waals surface area contributed by atoms with E-state index in [-0.39, 0.29) is 11.5 Å². The molecule has 0 spiro atoms. The van der Waals surface area contributed by atoms with Gasteiger partial charge in [-0.25, -0.2) is 0 Å². The van der Waals surface area contributed by atoms with Crippen molar-refractivity contribution in [3.8, 4) is 34.5 Å². The third-order valence-electron chi connectivity index (χ3n) is 6.86. The number of benzene rings is 3. The molecule has 5 rings (SSSR count). The number of hydrogen-bond donors (Lipinski definition) is 0. The van der Waals surface area contributed by atoms with Crippen LogP contribution in [0.2, 0.25) is 0 Å². The van der Waals surface area contributed by atoms with Crippen LogP contribution in [0.5, 0.6) is 34.5 Å². The van der Waals surface area contributed by atoms with Gasteiger partial charge in [-0.15, -0.1) is 0 Å². The van der Waals surface area contributed by atoms with Gasteiger partial charge >= 0.3 is 0 Å². The normalized spacial score (nSPS) is 15.4. The van der Waals surface area contributed by atoms with Crippen molar-refractivity contribution in [1.29, 1.82) is 0 Å². The Kier molecular flexibility index (Phi) is 7.15. The van der Waals surface area contributed by atoms with E-state index in [1.54, 1.807) is 46.6 Å². The summed E-state index contributed by atoms with van der Waals surface area (Å²) in [4.78, 5) is 15.6. The highest BCUT2D eigenvalue weighted by molar-refractivity contribution is 6.16. The van der Waals surface area contributed by atoms with Gasteiger partial charge in [0.1, 0.15) is 24.0 Å². The van der Waals surface area contributed by atoms with Gasteiger partial charge in [0.25, 0.3) is 0 Å². The number of methoxy groups -OCH3 is 4. The minimum absolute atomic E-state index is 0.166. The lowest BCUT2D eigenvalue weighted by Gasteiger charge is -2.30. The molecule has 0 N–H and O–H groups in total. The molecule has 2 aliphatic rings. The average molecular weight is 518 g/mol. The lowest BCUT2D eigenvalue weighted by atomic mass is 9.98. The van der Waals surface area contributed by atoms with E-state index in [2.05, 4.69) is 11.0 Å². The van der Waals surface area contributed by atoms with Crippen molar-refractivity contribution in [1.82, 2.24) is 4.90 Å². The molecule has 0 fully saturated rings. The highest BCUT2D eigenvalue weighted by Gasteiger charge is 2.35. The zero-order valence-corrected chi connectivity index (χ0v) is 22.3. The van der Waals surface area contributed by atoms with Crippen molar-refractivity contribution in [2.45, 2.75) is 19.9 Å². The van der Waals surface area contributed by atoms with Crippen molar-refractivity contribution >= 4 is 11.9 Å². The van der Waals surface area contributed by atoms with E-state index >= 15 is 0 Å². The number of ether oxygens (including phenoxy) is 6. The summed E-state index contributed by atoms with van der Waals surface area (Å²) in [5.41, 5.74) is 4.09. The number of carbonyl (C=O) groups excluding carboxylic acids is 1. The summed E-state index contributed by atoms with van der Waals surface area (Å²) in [6, 6.07) is 13.5. The number of para-hydroxylation sites is 1. The van der Waals surface area contributed by atoms with Crippen molar-refractivity contribution in [3.63, 3.8) is 0 Å². The zero-order valence-electron chi connectivity index (χ0n) is 22.3. The van der Waals surface area contributed by atoms with Crippen LogP contribution in [0.4, 0.5) is 0 Å². The van der Waals surface area contributed by atoms with Gasteiger partial charge in [-0.05, 0) is 60.4 Å². The Balaban J connectivity index is 1.42. The Labute approximate surface area is 222 Å². The molecule has 0 bridgehead atoms. The number of hydrogen-bond acceptors (Lipinski definition) is 8. The number of rotatable bonds is 8. The van der Waals surface area contributed by atoms with E-state index in [0.717, 1.165) is 41.2 Å². The van der Waals surface area contributed by atoms with Crippen LogP contribution in [-0.4, -0.2) is 52.4 Å². The highest BCUT2D eigenvalue weighted by Crippen LogP contribution is 2.45. The SMILES string of the molecule is COc1ccccc1CCN1COc2cc(C)c3c(c2C1)O/C(=C\c1cc(OC)c(OC)c(OC)c1)C3=O. The van der Waals surface area contributed by atoms with Gasteiger partial charge in [0.05, 0.1) is 39.6 Å². The summed E-state index contributed by atoms with van der Waals surface area (Å²) >= 11 is 0. The molecule has 0 unspecified atom stereocenters. The number of aryl methyl sites for hydroxylation is 1. The van der Waals surface area contributed by atoms with Crippen molar-refractivity contribution in [2.75, 3.05) is 41.7 Å². The minimum Gasteiger partial charge on any atom is -0.496 e. The third-order valence-corrected chi connectivity index (χ3v) is 6.86. The van der Waals surface area contributed by atoms with Gasteiger partial charge in [0.2, 0.25) is 11.5 Å². The van der Waals surface area contributed by atoms with Crippen LogP contribution >= 0.6 is 0 Å². The molecule has 3 aromatic carbocycles. The molecule has 0 radical (unpaired) electrons. The molecule has 8 heteroatoms. The molecule has 3 aromatic rings. The van der Waals surface area contributed by atoms with E-state index in [1.807, 2.05) is 31.2 Å². The molecule has 0 saturated heterocycles. The van der Waals surface area contributed by atoms with E-state index in [0.29, 0.717) is 47.4 Å². The maximum absolute atomic E-state index is 13.5. The van der Waals surface area contributed by atoms with Gasteiger partial charge in [-0.2, -0.15) is 0 Å². The number of carbonyl (C=O) groups is 1. The number of fused-ring (bicyclic) bond motifs is 3. The fraction of sp³-hybridized carbons (Fsp3) is 0.300. The summed E-state index contributed by atoms with van der Waals surface area (Å²) < 4.78 is 34.1. The lowest BCUT2D eigenvalue weighted by Crippen LogP contribution is -2.34. The van der Waals surface area contributed by atoms with Crippen molar-refractivity contribution in [3.05, 3.63) is 76.0 Å². The molecule has 2 aliphatic heterocycles. The summed E-state index contributed by atoms with van der Waals surface area (Å²) in [6.45, 7) is 3.74. The molecule has 0 aliphatic carbocycles. The average Bonchev–Trinajstić information content (AvgIpc) is 3.27. The van der Waals surface area contributed by atoms with E-state index in [1.165, 1.54) is 0 Å². The zero-order chi connectivity index (χ0) is 26.8. The van der Waals surface area contributed by atoms with E-state index in [9.17, 15) is 4.79 Å². The Morgan fingerprint density at radius 3 is 2.34 bits per heavy atom. The van der Waals surface area contributed by atoms with Gasteiger partial charge in [-0.1, -0.05) is 18.2 Å². The number of allylic oxidation sites excluding steroid dienone is 1. The molecule has 0 atom stereocenters. The Morgan fingerprint density at radius 1 is 0.947 bits per heavy atom. The first kappa shape index (κ1) is 25.5.